The fourth-order valence-corrected chi connectivity index (χ4v) is 14.2. The molecule has 7 amide bonds. The second-order valence-electron chi connectivity index (χ2n) is 25.7. The van der Waals surface area contributed by atoms with Crippen LogP contribution in [0.5, 0.6) is 11.5 Å². The Hall–Kier alpha value is -7.52. The molecule has 5 fully saturated rings. The van der Waals surface area contributed by atoms with Crippen molar-refractivity contribution in [2.75, 3.05) is 70.5 Å². The van der Waals surface area contributed by atoms with Crippen molar-refractivity contribution in [2.45, 2.75) is 150 Å². The summed E-state index contributed by atoms with van der Waals surface area (Å²) in [4.78, 5) is 109. The summed E-state index contributed by atoms with van der Waals surface area (Å²) in [5.74, 6) is -10.5. The van der Waals surface area contributed by atoms with Crippen molar-refractivity contribution < 1.29 is 97.4 Å². The molecule has 5 heterocycles. The summed E-state index contributed by atoms with van der Waals surface area (Å²) < 4.78 is 33.4. The van der Waals surface area contributed by atoms with Crippen LogP contribution in [-0.2, 0) is 35.2 Å². The molecule has 0 unspecified atom stereocenters. The number of allylic oxidation sites excluding steroid dienone is 1. The van der Waals surface area contributed by atoms with Gasteiger partial charge in [-0.1, -0.05) is 48.6 Å². The van der Waals surface area contributed by atoms with Gasteiger partial charge in [-0.05, 0) is 99.7 Å². The lowest BCUT2D eigenvalue weighted by Gasteiger charge is -2.41. The molecule has 98 heavy (non-hydrogen) atoms. The molecule has 4 aromatic rings. The molecule has 0 spiro atoms. The van der Waals surface area contributed by atoms with Gasteiger partial charge in [0.05, 0.1) is 55.9 Å². The molecule has 3 aromatic carbocycles. The average molecular weight is 1410 g/mol. The van der Waals surface area contributed by atoms with Crippen molar-refractivity contribution in [3.05, 3.63) is 90.0 Å². The third kappa shape index (κ3) is 18.7. The minimum absolute atomic E-state index is 0.00846. The average Bonchev–Trinajstić information content (AvgIpc) is 1.60. The summed E-state index contributed by atoms with van der Waals surface area (Å²) in [6.07, 6.45) is -8.56. The highest BCUT2D eigenvalue weighted by atomic mass is 32.3. The molecule has 0 radical (unpaired) electrons. The lowest BCUT2D eigenvalue weighted by Crippen LogP contribution is -2.64. The van der Waals surface area contributed by atoms with E-state index in [9.17, 15) is 93.2 Å². The number of aliphatic hydroxyl groups is 8. The highest BCUT2D eigenvalue weighted by molar-refractivity contribution is 8.15. The number of hydrogen-bond acceptors (Lipinski definition) is 26. The van der Waals surface area contributed by atoms with Crippen molar-refractivity contribution in [3.63, 3.8) is 0 Å². The lowest BCUT2D eigenvalue weighted by atomic mass is 9.90. The highest BCUT2D eigenvalue weighted by Crippen LogP contribution is 2.41. The molecule has 536 valence electrons. The number of rotatable bonds is 19. The number of hydrogen-bond donors (Lipinski definition) is 18. The highest BCUT2D eigenvalue weighted by Gasteiger charge is 2.50. The Morgan fingerprint density at radius 1 is 0.745 bits per heavy atom. The predicted octanol–water partition coefficient (Wildman–Crippen LogP) is -2.00. The number of phenolic OH excluding ortho intramolecular Hbond substituents is 1. The molecule has 4 aliphatic heterocycles. The van der Waals surface area contributed by atoms with Gasteiger partial charge in [-0.3, -0.25) is 52.1 Å². The summed E-state index contributed by atoms with van der Waals surface area (Å²) in [6.45, 7) is 7.52. The largest absolute Gasteiger partial charge is 0.504 e. The first-order valence-electron chi connectivity index (χ1n) is 32.5. The van der Waals surface area contributed by atoms with Gasteiger partial charge in [0.25, 0.3) is 17.1 Å². The number of nitrogens with one attached hydrogen (secondary N) is 6. The van der Waals surface area contributed by atoms with Gasteiger partial charge in [-0.2, -0.15) is 0 Å². The van der Waals surface area contributed by atoms with Gasteiger partial charge in [-0.15, -0.1) is 10.2 Å². The Kier molecular flexibility index (Phi) is 25.2. The van der Waals surface area contributed by atoms with Crippen LogP contribution in [0, 0.1) is 5.92 Å². The van der Waals surface area contributed by atoms with Crippen LogP contribution < -0.4 is 41.0 Å². The van der Waals surface area contributed by atoms with Gasteiger partial charge in [0, 0.05) is 99.4 Å². The van der Waals surface area contributed by atoms with E-state index in [0.717, 1.165) is 92.0 Å². The fraction of sp³-hybridized carbons (Fsp3) is 0.547. The summed E-state index contributed by atoms with van der Waals surface area (Å²) in [7, 11) is 0. The van der Waals surface area contributed by atoms with Crippen LogP contribution in [0.4, 0.5) is 5.69 Å². The van der Waals surface area contributed by atoms with Crippen molar-refractivity contribution >= 4 is 69.5 Å². The van der Waals surface area contributed by atoms with Gasteiger partial charge in [-0.25, -0.2) is 0 Å². The molecule has 32 nitrogen and oxygen atoms in total. The number of carbonyl (C=O) groups is 7. The first kappa shape index (κ1) is 74.7. The van der Waals surface area contributed by atoms with E-state index in [1.165, 1.54) is 42.0 Å². The molecule has 18 N–H and O–H groups in total. The standard InChI is InChI=1S/C64H88N12O20S2/c1-33-4-13-41(14-5-33)73-20-22-74(23-21-73)42-15-11-39(12-16-42)62-72-71-61(97-62)38-9-7-37(8-10-38)56(86)67-45-26-43(80)28-66-60(90)54-55(85)34(2)29-76(54)64(92)53(48(83)18-19-65-40(31-77)32-78)70-59(89)52(49(84)24-36-6-17-47(82)50(25-36)96-98(93,94)95)69-58(88)46-27-44(81)30-75(46)63(91)51(35(3)79)68-57(45)87/h6-12,15-17,25,34-35,40-41,43-46,48-49,51-55,65,77-85,93-95H,1,4-5,13-14,18-24,26-32H2,2-3H3,(H,66,90)(H,67,86)(H,68,87)(H,69,88)(H,70,89)/t34-,35+,43+,44+,45-,46-,48+,49+,51-,52-,53-,54-,55-/m0/s1. The molecule has 5 aliphatic rings. The van der Waals surface area contributed by atoms with Gasteiger partial charge in [0.1, 0.15) is 46.3 Å². The SMILES string of the molecule is C=C1CCC(N2CCN(c3ccc(-c4nnc(-c5ccc(C(=O)N[C@H]6C[C@@H](O)CNC(=O)[C@@H]7[C@@H](O)[C@@H](C)CN7C(=O)[C@H]([C@H](O)CCNC(CO)CO)NC(=O)[C@H]([C@H](O)Cc7ccc(O)c(OS(O)(O)O)c7)NC(=O)[C@@H]7C[C@@H](O)CN7C(=O)[C@H]([C@@H](C)O)NC6=O)cc5)s4)cc3)CC2)CC1. The van der Waals surface area contributed by atoms with Gasteiger partial charge < -0.3 is 96.7 Å². The molecule has 0 bridgehead atoms. The zero-order valence-corrected chi connectivity index (χ0v) is 55.7. The predicted molar refractivity (Wildman–Crippen MR) is 356 cm³/mol. The molecule has 4 saturated heterocycles. The number of nitrogens with zero attached hydrogens (tertiary/aromatic N) is 6. The number of anilines is 1. The molecule has 1 aromatic heterocycles. The van der Waals surface area contributed by atoms with Crippen LogP contribution in [0.2, 0.25) is 0 Å². The van der Waals surface area contributed by atoms with E-state index in [-0.39, 0.29) is 24.2 Å². The van der Waals surface area contributed by atoms with E-state index in [0.29, 0.717) is 21.6 Å². The number of fused-ring (bicyclic) bond motifs is 2. The summed E-state index contributed by atoms with van der Waals surface area (Å²) >= 11 is -3.42. The smallest absolute Gasteiger partial charge is 0.266 e. The number of aromatic hydroxyl groups is 1. The normalized spacial score (nSPS) is 26.7. The number of phenols is 1. The zero-order chi connectivity index (χ0) is 70.9. The number of β-amino-alcohol motifs (C(OH)–C–C–N with tert-alkyl or cyclic N) is 1. The fourth-order valence-electron chi connectivity index (χ4n) is 12.9. The molecule has 1 aliphatic carbocycles. The summed E-state index contributed by atoms with van der Waals surface area (Å²) in [5, 5.41) is 124. The first-order valence-corrected chi connectivity index (χ1v) is 34.7. The Morgan fingerprint density at radius 3 is 1.98 bits per heavy atom. The van der Waals surface area contributed by atoms with E-state index in [1.807, 2.05) is 12.1 Å². The quantitative estimate of drug-likeness (QED) is 0.0451. The Bertz CT molecular complexity index is 3450. The Labute approximate surface area is 570 Å². The molecule has 1 saturated carbocycles. The number of benzene rings is 3. The monoisotopic (exact) mass is 1410 g/mol. The van der Waals surface area contributed by atoms with E-state index >= 15 is 0 Å². The molecular weight excluding hydrogens is 1320 g/mol. The topological polar surface area (TPSA) is 482 Å². The van der Waals surface area contributed by atoms with E-state index in [1.54, 1.807) is 12.1 Å². The van der Waals surface area contributed by atoms with E-state index in [2.05, 4.69) is 74.8 Å². The Morgan fingerprint density at radius 2 is 1.36 bits per heavy atom. The van der Waals surface area contributed by atoms with Crippen LogP contribution in [0.1, 0.15) is 74.7 Å². The number of amides is 7. The molecule has 34 heteroatoms. The van der Waals surface area contributed by atoms with Crippen molar-refractivity contribution in [2.24, 2.45) is 5.92 Å². The second-order valence-corrected chi connectivity index (χ2v) is 27.8. The number of aliphatic hydroxyl groups excluding tert-OH is 8. The minimum atomic E-state index is -4.74. The van der Waals surface area contributed by atoms with E-state index in [4.69, 9.17) is 0 Å². The van der Waals surface area contributed by atoms with Crippen molar-refractivity contribution in [1.29, 1.82) is 0 Å². The minimum Gasteiger partial charge on any atom is -0.504 e. The van der Waals surface area contributed by atoms with Gasteiger partial charge >= 0.3 is 0 Å². The van der Waals surface area contributed by atoms with Gasteiger partial charge in [0.15, 0.2) is 11.5 Å². The first-order chi connectivity index (χ1) is 46.6. The maximum absolute atomic E-state index is 15.0. The van der Waals surface area contributed by atoms with Gasteiger partial charge in [0.2, 0.25) is 35.4 Å². The third-order valence-corrected chi connectivity index (χ3v) is 19.9. The number of piperazine rings is 1. The molecular formula is C64H88N12O20S2. The van der Waals surface area contributed by atoms with Crippen LogP contribution in [0.3, 0.4) is 0 Å². The number of aromatic nitrogens is 2. The third-order valence-electron chi connectivity index (χ3n) is 18.5. The van der Waals surface area contributed by atoms with E-state index < -0.39 is 201 Å². The number of carbonyl (C=O) groups excluding carboxylic acids is 7. The molecule has 13 atom stereocenters. The van der Waals surface area contributed by atoms with Crippen LogP contribution in [-0.4, -0.2) is 276 Å². The molecule has 9 rings (SSSR count). The van der Waals surface area contributed by atoms with Crippen molar-refractivity contribution in [3.8, 4) is 32.6 Å². The zero-order valence-electron chi connectivity index (χ0n) is 54.1. The summed E-state index contributed by atoms with van der Waals surface area (Å²) in [6, 6.07) is 5.37. The van der Waals surface area contributed by atoms with Crippen molar-refractivity contribution in [1.82, 2.24) is 56.8 Å². The maximum atomic E-state index is 15.0. The second kappa shape index (κ2) is 33.1. The van der Waals surface area contributed by atoms with Crippen LogP contribution in [0.25, 0.3) is 21.1 Å². The summed E-state index contributed by atoms with van der Waals surface area (Å²) in [5.41, 5.74) is 3.84. The van der Waals surface area contributed by atoms with Crippen LogP contribution >= 0.6 is 22.5 Å². The Balaban J connectivity index is 0.969. The lowest BCUT2D eigenvalue weighted by molar-refractivity contribution is -0.147. The maximum Gasteiger partial charge on any atom is 0.266 e. The van der Waals surface area contributed by atoms with Crippen LogP contribution in [0.15, 0.2) is 78.9 Å².